The molecular formula is C15H27N5O7. The second kappa shape index (κ2) is 11.1. The van der Waals surface area contributed by atoms with Crippen molar-refractivity contribution < 1.29 is 34.2 Å². The number of primary amides is 1. The highest BCUT2D eigenvalue weighted by molar-refractivity contribution is 5.95. The van der Waals surface area contributed by atoms with E-state index in [9.17, 15) is 29.1 Å². The number of carboxylic acid groups (broad SMARTS) is 1. The van der Waals surface area contributed by atoms with Crippen LogP contribution in [0.2, 0.25) is 0 Å². The summed E-state index contributed by atoms with van der Waals surface area (Å²) in [5.74, 6) is -4.97. The number of aliphatic carboxylic acids is 1. The molecule has 4 atom stereocenters. The van der Waals surface area contributed by atoms with Crippen LogP contribution in [-0.4, -0.2) is 70.6 Å². The van der Waals surface area contributed by atoms with Crippen molar-refractivity contribution in [2.45, 2.75) is 51.4 Å². The van der Waals surface area contributed by atoms with Crippen molar-refractivity contribution in [2.24, 2.45) is 17.4 Å². The second-order valence-corrected chi connectivity index (χ2v) is 6.34. The molecule has 0 fully saturated rings. The van der Waals surface area contributed by atoms with Gasteiger partial charge in [-0.2, -0.15) is 0 Å². The van der Waals surface area contributed by atoms with Crippen LogP contribution >= 0.6 is 0 Å². The molecule has 154 valence electrons. The lowest BCUT2D eigenvalue weighted by Gasteiger charge is -2.21. The average Bonchev–Trinajstić information content (AvgIpc) is 2.54. The van der Waals surface area contributed by atoms with E-state index in [1.807, 2.05) is 5.32 Å². The smallest absolute Gasteiger partial charge is 0.328 e. The van der Waals surface area contributed by atoms with Gasteiger partial charge in [0.1, 0.15) is 6.04 Å². The normalized spacial score (nSPS) is 15.2. The van der Waals surface area contributed by atoms with E-state index in [-0.39, 0.29) is 5.92 Å². The quantitative estimate of drug-likeness (QED) is 0.187. The van der Waals surface area contributed by atoms with Crippen LogP contribution in [0, 0.1) is 5.92 Å². The number of rotatable bonds is 11. The molecule has 0 aromatic rings. The number of carboxylic acids is 1. The number of hydrogen-bond donors (Lipinski definition) is 7. The van der Waals surface area contributed by atoms with Crippen LogP contribution in [0.3, 0.4) is 0 Å². The van der Waals surface area contributed by atoms with Gasteiger partial charge in [-0.1, -0.05) is 13.8 Å². The van der Waals surface area contributed by atoms with Gasteiger partial charge in [0.15, 0.2) is 6.04 Å². The van der Waals surface area contributed by atoms with Crippen LogP contribution in [0.5, 0.6) is 0 Å². The first-order valence-electron chi connectivity index (χ1n) is 8.19. The number of carbonyl (C=O) groups is 5. The molecule has 0 aromatic carbocycles. The molecule has 0 rings (SSSR count). The molecule has 0 aliphatic carbocycles. The third-order valence-corrected chi connectivity index (χ3v) is 3.55. The molecule has 12 nitrogen and oxygen atoms in total. The Morgan fingerprint density at radius 2 is 1.56 bits per heavy atom. The number of aliphatic hydroxyl groups is 1. The summed E-state index contributed by atoms with van der Waals surface area (Å²) in [5, 5.41) is 24.6. The SMILES string of the molecule is CC(C)C(N)C(=O)NC(CC(N)=O)C(=O)NCC(=O)NC(C(=O)O)C(C)O. The van der Waals surface area contributed by atoms with Crippen molar-refractivity contribution in [3.05, 3.63) is 0 Å². The van der Waals surface area contributed by atoms with Crippen molar-refractivity contribution in [3.63, 3.8) is 0 Å². The maximum absolute atomic E-state index is 12.1. The number of nitrogens with two attached hydrogens (primary N) is 2. The first-order chi connectivity index (χ1) is 12.4. The van der Waals surface area contributed by atoms with Gasteiger partial charge in [0.2, 0.25) is 23.6 Å². The van der Waals surface area contributed by atoms with Crippen LogP contribution in [0.4, 0.5) is 0 Å². The number of amides is 4. The van der Waals surface area contributed by atoms with Crippen LogP contribution in [0.15, 0.2) is 0 Å². The molecule has 12 heteroatoms. The van der Waals surface area contributed by atoms with Crippen LogP contribution in [0.1, 0.15) is 27.2 Å². The predicted molar refractivity (Wildman–Crippen MR) is 92.8 cm³/mol. The predicted octanol–water partition coefficient (Wildman–Crippen LogP) is -3.60. The largest absolute Gasteiger partial charge is 0.480 e. The zero-order valence-electron chi connectivity index (χ0n) is 15.4. The topological polar surface area (TPSA) is 214 Å². The van der Waals surface area contributed by atoms with Gasteiger partial charge in [-0.15, -0.1) is 0 Å². The molecule has 0 bridgehead atoms. The number of hydrogen-bond acceptors (Lipinski definition) is 7. The number of aliphatic hydroxyl groups excluding tert-OH is 1. The molecule has 0 saturated carbocycles. The van der Waals surface area contributed by atoms with Crippen molar-refractivity contribution in [1.29, 1.82) is 0 Å². The molecule has 4 amide bonds. The fraction of sp³-hybridized carbons (Fsp3) is 0.667. The molecule has 4 unspecified atom stereocenters. The van der Waals surface area contributed by atoms with Gasteiger partial charge in [0.05, 0.1) is 25.1 Å². The average molecular weight is 389 g/mol. The Hall–Kier alpha value is -2.73. The summed E-state index contributed by atoms with van der Waals surface area (Å²) in [7, 11) is 0. The molecule has 0 aliphatic rings. The summed E-state index contributed by atoms with van der Waals surface area (Å²) >= 11 is 0. The van der Waals surface area contributed by atoms with E-state index in [0.29, 0.717) is 0 Å². The Bertz CT molecular complexity index is 579. The van der Waals surface area contributed by atoms with Gasteiger partial charge in [-0.05, 0) is 12.8 Å². The highest BCUT2D eigenvalue weighted by Gasteiger charge is 2.28. The minimum absolute atomic E-state index is 0.221. The third-order valence-electron chi connectivity index (χ3n) is 3.55. The first-order valence-corrected chi connectivity index (χ1v) is 8.19. The van der Waals surface area contributed by atoms with Crippen molar-refractivity contribution >= 4 is 29.6 Å². The number of carbonyl (C=O) groups excluding carboxylic acids is 4. The van der Waals surface area contributed by atoms with Gasteiger partial charge in [0, 0.05) is 0 Å². The van der Waals surface area contributed by atoms with E-state index in [1.54, 1.807) is 13.8 Å². The van der Waals surface area contributed by atoms with Crippen molar-refractivity contribution in [3.8, 4) is 0 Å². The van der Waals surface area contributed by atoms with E-state index in [0.717, 1.165) is 0 Å². The molecule has 0 aromatic heterocycles. The van der Waals surface area contributed by atoms with Gasteiger partial charge in [-0.25, -0.2) is 4.79 Å². The lowest BCUT2D eigenvalue weighted by atomic mass is 10.0. The highest BCUT2D eigenvalue weighted by atomic mass is 16.4. The Labute approximate surface area is 156 Å². The summed E-state index contributed by atoms with van der Waals surface area (Å²) in [6.07, 6.45) is -1.88. The van der Waals surface area contributed by atoms with Crippen LogP contribution < -0.4 is 27.4 Å². The zero-order chi connectivity index (χ0) is 21.3. The molecule has 0 aliphatic heterocycles. The summed E-state index contributed by atoms with van der Waals surface area (Å²) < 4.78 is 0. The van der Waals surface area contributed by atoms with E-state index in [4.69, 9.17) is 16.6 Å². The fourth-order valence-electron chi connectivity index (χ4n) is 1.88. The van der Waals surface area contributed by atoms with E-state index >= 15 is 0 Å². The highest BCUT2D eigenvalue weighted by Crippen LogP contribution is 2.00. The summed E-state index contributed by atoms with van der Waals surface area (Å²) in [5.41, 5.74) is 10.7. The maximum atomic E-state index is 12.1. The number of nitrogens with one attached hydrogen (secondary N) is 3. The van der Waals surface area contributed by atoms with Gasteiger partial charge in [0.25, 0.3) is 0 Å². The second-order valence-electron chi connectivity index (χ2n) is 6.34. The Morgan fingerprint density at radius 1 is 1.00 bits per heavy atom. The monoisotopic (exact) mass is 389 g/mol. The zero-order valence-corrected chi connectivity index (χ0v) is 15.4. The van der Waals surface area contributed by atoms with Gasteiger partial charge in [-0.3, -0.25) is 19.2 Å². The minimum Gasteiger partial charge on any atom is -0.480 e. The summed E-state index contributed by atoms with van der Waals surface area (Å²) in [4.78, 5) is 57.9. The lowest BCUT2D eigenvalue weighted by molar-refractivity contribution is -0.144. The molecule has 0 saturated heterocycles. The summed E-state index contributed by atoms with van der Waals surface area (Å²) in [6.45, 7) is 3.92. The van der Waals surface area contributed by atoms with E-state index < -0.39 is 66.8 Å². The van der Waals surface area contributed by atoms with Gasteiger partial charge >= 0.3 is 5.97 Å². The van der Waals surface area contributed by atoms with Crippen LogP contribution in [0.25, 0.3) is 0 Å². The third kappa shape index (κ3) is 8.96. The molecule has 0 spiro atoms. The van der Waals surface area contributed by atoms with Crippen molar-refractivity contribution in [1.82, 2.24) is 16.0 Å². The molecule has 27 heavy (non-hydrogen) atoms. The standard InChI is InChI=1S/C15H27N5O7/c1-6(2)11(17)14(25)19-8(4-9(16)22)13(24)18-5-10(23)20-12(7(3)21)15(26)27/h6-8,11-12,21H,4-5,17H2,1-3H3,(H2,16,22)(H,18,24)(H,19,25)(H,20,23)(H,26,27). The van der Waals surface area contributed by atoms with E-state index in [2.05, 4.69) is 10.6 Å². The lowest BCUT2D eigenvalue weighted by Crippen LogP contribution is -2.55. The first kappa shape index (κ1) is 24.3. The van der Waals surface area contributed by atoms with Gasteiger partial charge < -0.3 is 37.6 Å². The van der Waals surface area contributed by atoms with Crippen LogP contribution in [-0.2, 0) is 24.0 Å². The Morgan fingerprint density at radius 3 is 1.96 bits per heavy atom. The van der Waals surface area contributed by atoms with Crippen molar-refractivity contribution in [2.75, 3.05) is 6.54 Å². The van der Waals surface area contributed by atoms with E-state index in [1.165, 1.54) is 6.92 Å². The molecule has 9 N–H and O–H groups in total. The Balaban J connectivity index is 4.86. The summed E-state index contributed by atoms with van der Waals surface area (Å²) in [6, 6.07) is -3.82. The minimum atomic E-state index is -1.56. The fourth-order valence-corrected chi connectivity index (χ4v) is 1.88. The Kier molecular flexibility index (Phi) is 9.96. The molecular weight excluding hydrogens is 362 g/mol. The molecule has 0 heterocycles. The molecule has 0 radical (unpaired) electrons. The maximum Gasteiger partial charge on any atom is 0.328 e.